The zero-order valence-corrected chi connectivity index (χ0v) is 11.5. The monoisotopic (exact) mass is 249 g/mol. The van der Waals surface area contributed by atoms with Crippen molar-refractivity contribution in [1.82, 2.24) is 0 Å². The molecule has 1 atom stereocenters. The van der Waals surface area contributed by atoms with Gasteiger partial charge in [0, 0.05) is 6.61 Å². The molecule has 100 valence electrons. The zero-order chi connectivity index (χ0) is 13.8. The molecule has 0 fully saturated rings. The third-order valence-corrected chi connectivity index (χ3v) is 2.25. The molecule has 0 radical (unpaired) electrons. The molecule has 3 nitrogen and oxygen atoms in total. The first-order chi connectivity index (χ1) is 8.76. The lowest BCUT2D eigenvalue weighted by atomic mass is 10.1. The highest BCUT2D eigenvalue weighted by atomic mass is 16.5. The van der Waals surface area contributed by atoms with Gasteiger partial charge in [0.05, 0.1) is 18.6 Å². The summed E-state index contributed by atoms with van der Waals surface area (Å²) in [5.74, 6) is 0.610. The van der Waals surface area contributed by atoms with E-state index in [1.807, 2.05) is 45.1 Å². The van der Waals surface area contributed by atoms with Crippen molar-refractivity contribution in [3.63, 3.8) is 0 Å². The average Bonchev–Trinajstić information content (AvgIpc) is 2.58. The first-order valence-electron chi connectivity index (χ1n) is 6.48. The van der Waals surface area contributed by atoms with Crippen LogP contribution in [0.1, 0.15) is 33.6 Å². The minimum atomic E-state index is -0.171. The summed E-state index contributed by atoms with van der Waals surface area (Å²) in [6.45, 7) is 6.75. The Morgan fingerprint density at radius 2 is 2.11 bits per heavy atom. The number of unbranched alkanes of at least 4 members (excludes halogenated alkanes) is 1. The average molecular weight is 249 g/mol. The van der Waals surface area contributed by atoms with Gasteiger partial charge in [0.2, 0.25) is 0 Å². The molecule has 0 spiro atoms. The van der Waals surface area contributed by atoms with Crippen LogP contribution in [0.5, 0.6) is 0 Å². The lowest BCUT2D eigenvalue weighted by Crippen LogP contribution is -1.95. The summed E-state index contributed by atoms with van der Waals surface area (Å²) in [6.07, 6.45) is 9.08. The largest absolute Gasteiger partial charge is 0.494 e. The molecular weight excluding hydrogens is 226 g/mol. The fourth-order valence-electron chi connectivity index (χ4n) is 1.43. The number of rotatable bonds is 5. The molecule has 1 aliphatic carbocycles. The fourth-order valence-corrected chi connectivity index (χ4v) is 1.43. The molecule has 0 bridgehead atoms. The third-order valence-electron chi connectivity index (χ3n) is 2.25. The molecule has 1 rings (SSSR count). The predicted molar refractivity (Wildman–Crippen MR) is 73.7 cm³/mol. The Morgan fingerprint density at radius 1 is 1.39 bits per heavy atom. The molecule has 0 amide bonds. The maximum atomic E-state index is 8.83. The molecular formula is C15H23NO2. The maximum absolute atomic E-state index is 8.83. The van der Waals surface area contributed by atoms with Crippen molar-refractivity contribution >= 4 is 0 Å². The number of nitriles is 1. The number of nitrogens with zero attached hydrogens (tertiary/aromatic N) is 1. The summed E-state index contributed by atoms with van der Waals surface area (Å²) in [5.41, 5.74) is 1.04. The van der Waals surface area contributed by atoms with Gasteiger partial charge in [-0.1, -0.05) is 26.0 Å². The van der Waals surface area contributed by atoms with E-state index >= 15 is 0 Å². The van der Waals surface area contributed by atoms with Crippen molar-refractivity contribution < 1.29 is 9.84 Å². The lowest BCUT2D eigenvalue weighted by Gasteiger charge is -2.05. The van der Waals surface area contributed by atoms with Gasteiger partial charge in [0.15, 0.2) is 0 Å². The number of aliphatic hydroxyl groups excluding tert-OH is 1. The molecule has 0 heterocycles. The van der Waals surface area contributed by atoms with Crippen LogP contribution in [0.4, 0.5) is 0 Å². The number of aliphatic hydroxyl groups is 1. The van der Waals surface area contributed by atoms with E-state index in [2.05, 4.69) is 6.07 Å². The molecule has 0 saturated carbocycles. The van der Waals surface area contributed by atoms with E-state index in [-0.39, 0.29) is 12.5 Å². The zero-order valence-electron chi connectivity index (χ0n) is 11.5. The summed E-state index contributed by atoms with van der Waals surface area (Å²) in [6, 6.07) is 2.19. The molecule has 0 aromatic rings. The van der Waals surface area contributed by atoms with Crippen LogP contribution in [0.2, 0.25) is 0 Å². The van der Waals surface area contributed by atoms with Gasteiger partial charge in [-0.2, -0.15) is 5.26 Å². The van der Waals surface area contributed by atoms with Gasteiger partial charge in [0.1, 0.15) is 5.76 Å². The smallest absolute Gasteiger partial charge is 0.119 e. The molecule has 3 heteroatoms. The van der Waals surface area contributed by atoms with Crippen LogP contribution in [0.25, 0.3) is 0 Å². The minimum Gasteiger partial charge on any atom is -0.494 e. The van der Waals surface area contributed by atoms with E-state index in [0.29, 0.717) is 6.61 Å². The molecule has 1 N–H and O–H groups in total. The van der Waals surface area contributed by atoms with Gasteiger partial charge >= 0.3 is 0 Å². The van der Waals surface area contributed by atoms with E-state index in [1.54, 1.807) is 0 Å². The van der Waals surface area contributed by atoms with Crippen molar-refractivity contribution in [2.75, 3.05) is 13.2 Å². The van der Waals surface area contributed by atoms with Crippen LogP contribution < -0.4 is 0 Å². The first-order valence-corrected chi connectivity index (χ1v) is 6.48. The normalized spacial score (nSPS) is 17.6. The Morgan fingerprint density at radius 3 is 2.72 bits per heavy atom. The molecule has 18 heavy (non-hydrogen) atoms. The Kier molecular flexibility index (Phi) is 9.71. The minimum absolute atomic E-state index is 0.171. The SMILES string of the molecule is CC.CC1=CC(C#N)C=CC(OCCCCO)=C1. The molecule has 1 aliphatic rings. The highest BCUT2D eigenvalue weighted by molar-refractivity contribution is 5.33. The Bertz CT molecular complexity index is 348. The van der Waals surface area contributed by atoms with Gasteiger partial charge in [-0.05, 0) is 37.5 Å². The van der Waals surface area contributed by atoms with Crippen LogP contribution in [0, 0.1) is 17.2 Å². The quantitative estimate of drug-likeness (QED) is 0.760. The van der Waals surface area contributed by atoms with Crippen LogP contribution in [-0.4, -0.2) is 18.3 Å². The highest BCUT2D eigenvalue weighted by Crippen LogP contribution is 2.15. The van der Waals surface area contributed by atoms with E-state index in [0.717, 1.165) is 24.2 Å². The maximum Gasteiger partial charge on any atom is 0.119 e. The van der Waals surface area contributed by atoms with E-state index in [4.69, 9.17) is 15.1 Å². The van der Waals surface area contributed by atoms with Crippen LogP contribution in [0.3, 0.4) is 0 Å². The van der Waals surface area contributed by atoms with E-state index in [9.17, 15) is 0 Å². The van der Waals surface area contributed by atoms with E-state index < -0.39 is 0 Å². The van der Waals surface area contributed by atoms with Gasteiger partial charge in [0.25, 0.3) is 0 Å². The van der Waals surface area contributed by atoms with Crippen LogP contribution in [0.15, 0.2) is 35.6 Å². The lowest BCUT2D eigenvalue weighted by molar-refractivity contribution is 0.201. The fraction of sp³-hybridized carbons (Fsp3) is 0.533. The summed E-state index contributed by atoms with van der Waals surface area (Å²) >= 11 is 0. The molecule has 0 aromatic carbocycles. The third kappa shape index (κ3) is 6.93. The van der Waals surface area contributed by atoms with Gasteiger partial charge in [-0.3, -0.25) is 0 Å². The predicted octanol–water partition coefficient (Wildman–Crippen LogP) is 3.34. The molecule has 0 saturated heterocycles. The topological polar surface area (TPSA) is 53.2 Å². The molecule has 0 aliphatic heterocycles. The van der Waals surface area contributed by atoms with Crippen molar-refractivity contribution in [3.8, 4) is 6.07 Å². The van der Waals surface area contributed by atoms with Crippen molar-refractivity contribution in [2.24, 2.45) is 5.92 Å². The number of ether oxygens (including phenoxy) is 1. The summed E-state index contributed by atoms with van der Waals surface area (Å²) in [7, 11) is 0. The van der Waals surface area contributed by atoms with Crippen molar-refractivity contribution in [3.05, 3.63) is 35.6 Å². The van der Waals surface area contributed by atoms with Gasteiger partial charge < -0.3 is 9.84 Å². The number of hydrogen-bond acceptors (Lipinski definition) is 3. The van der Waals surface area contributed by atoms with Crippen LogP contribution in [-0.2, 0) is 4.74 Å². The van der Waals surface area contributed by atoms with Crippen molar-refractivity contribution in [2.45, 2.75) is 33.6 Å². The number of hydrogen-bond donors (Lipinski definition) is 1. The second-order valence-corrected chi connectivity index (χ2v) is 3.75. The summed E-state index contributed by atoms with van der Waals surface area (Å²) in [5, 5.41) is 17.5. The number of allylic oxidation sites excluding steroid dienone is 5. The Labute approximate surface area is 110 Å². The van der Waals surface area contributed by atoms with Crippen LogP contribution >= 0.6 is 0 Å². The van der Waals surface area contributed by atoms with Gasteiger partial charge in [-0.15, -0.1) is 0 Å². The molecule has 1 unspecified atom stereocenters. The standard InChI is InChI=1S/C13H17NO2.C2H6/c1-11-8-12(10-14)4-5-13(9-11)16-7-3-2-6-15;1-2/h4-5,8-9,12,15H,2-3,6-7H2,1H3;1-2H3. The van der Waals surface area contributed by atoms with Crippen molar-refractivity contribution in [1.29, 1.82) is 5.26 Å². The highest BCUT2D eigenvalue weighted by Gasteiger charge is 2.04. The first kappa shape index (κ1) is 16.5. The summed E-state index contributed by atoms with van der Waals surface area (Å²) < 4.78 is 5.54. The Hall–Kier alpha value is -1.53. The molecule has 0 aromatic heterocycles. The second kappa shape index (κ2) is 10.6. The van der Waals surface area contributed by atoms with E-state index in [1.165, 1.54) is 0 Å². The summed E-state index contributed by atoms with van der Waals surface area (Å²) in [4.78, 5) is 0. The Balaban J connectivity index is 0.00000137. The second-order valence-electron chi connectivity index (χ2n) is 3.75. The van der Waals surface area contributed by atoms with Gasteiger partial charge in [-0.25, -0.2) is 0 Å².